The van der Waals surface area contributed by atoms with Gasteiger partial charge in [-0.25, -0.2) is 9.67 Å². The molecule has 0 aliphatic heterocycles. The first kappa shape index (κ1) is 18.0. The third kappa shape index (κ3) is 3.66. The summed E-state index contributed by atoms with van der Waals surface area (Å²) in [5, 5.41) is 8.02. The Morgan fingerprint density at radius 3 is 2.57 bits per heavy atom. The number of aromatic nitrogens is 6. The van der Waals surface area contributed by atoms with E-state index < -0.39 is 0 Å². The smallest absolute Gasteiger partial charge is 0.263 e. The van der Waals surface area contributed by atoms with Gasteiger partial charge in [0.15, 0.2) is 5.65 Å². The van der Waals surface area contributed by atoms with Crippen molar-refractivity contribution in [1.29, 1.82) is 0 Å². The normalized spacial score (nSPS) is 11.8. The molecule has 3 heterocycles. The summed E-state index contributed by atoms with van der Waals surface area (Å²) in [6, 6.07) is 8.31. The maximum atomic E-state index is 12.4. The Bertz CT molecular complexity index is 1130. The Morgan fingerprint density at radius 1 is 1.14 bits per heavy atom. The van der Waals surface area contributed by atoms with Gasteiger partial charge in [-0.05, 0) is 31.9 Å². The Morgan fingerprint density at radius 2 is 1.89 bits per heavy atom. The zero-order valence-electron chi connectivity index (χ0n) is 16.2. The number of rotatable bonds is 5. The average Bonchev–Trinajstić information content (AvgIpc) is 3.30. The van der Waals surface area contributed by atoms with Crippen LogP contribution in [0.1, 0.15) is 31.9 Å². The summed E-state index contributed by atoms with van der Waals surface area (Å²) in [5.41, 5.74) is 2.42. The SMILES string of the molecule is CC(C)(C)n1ncc2c(=O)[nH]c(NCc3ccc(Cn4ccnc4)cc3)nc21. The first-order valence-electron chi connectivity index (χ1n) is 9.16. The van der Waals surface area contributed by atoms with Gasteiger partial charge in [0.2, 0.25) is 5.95 Å². The van der Waals surface area contributed by atoms with Crippen molar-refractivity contribution in [1.82, 2.24) is 29.3 Å². The molecule has 1 aromatic carbocycles. The van der Waals surface area contributed by atoms with Crippen LogP contribution in [0.25, 0.3) is 11.0 Å². The molecule has 4 rings (SSSR count). The van der Waals surface area contributed by atoms with Crippen molar-refractivity contribution >= 4 is 17.0 Å². The second-order valence-electron chi connectivity index (χ2n) is 7.78. The molecule has 0 bridgehead atoms. The van der Waals surface area contributed by atoms with E-state index in [1.54, 1.807) is 23.4 Å². The number of nitrogens with one attached hydrogen (secondary N) is 2. The Hall–Kier alpha value is -3.42. The van der Waals surface area contributed by atoms with E-state index >= 15 is 0 Å². The van der Waals surface area contributed by atoms with Gasteiger partial charge in [-0.3, -0.25) is 9.78 Å². The zero-order valence-corrected chi connectivity index (χ0v) is 16.2. The molecule has 8 nitrogen and oxygen atoms in total. The lowest BCUT2D eigenvalue weighted by molar-refractivity contribution is 0.366. The molecule has 0 atom stereocenters. The van der Waals surface area contributed by atoms with Crippen LogP contribution in [0.15, 0.2) is 54.0 Å². The van der Waals surface area contributed by atoms with Gasteiger partial charge in [-0.15, -0.1) is 0 Å². The molecule has 3 aromatic heterocycles. The van der Waals surface area contributed by atoms with Gasteiger partial charge >= 0.3 is 0 Å². The highest BCUT2D eigenvalue weighted by Crippen LogP contribution is 2.19. The van der Waals surface area contributed by atoms with Gasteiger partial charge in [-0.1, -0.05) is 24.3 Å². The predicted octanol–water partition coefficient (Wildman–Crippen LogP) is 2.73. The number of benzene rings is 1. The molecule has 0 spiro atoms. The summed E-state index contributed by atoms with van der Waals surface area (Å²) in [4.78, 5) is 23.8. The van der Waals surface area contributed by atoms with Crippen LogP contribution in [-0.4, -0.2) is 29.3 Å². The lowest BCUT2D eigenvalue weighted by atomic mass is 10.1. The molecule has 8 heteroatoms. The molecule has 0 radical (unpaired) electrons. The Kier molecular flexibility index (Phi) is 4.46. The first-order valence-corrected chi connectivity index (χ1v) is 9.16. The monoisotopic (exact) mass is 377 g/mol. The van der Waals surface area contributed by atoms with E-state index in [-0.39, 0.29) is 11.1 Å². The van der Waals surface area contributed by atoms with Crippen molar-refractivity contribution in [2.24, 2.45) is 0 Å². The summed E-state index contributed by atoms with van der Waals surface area (Å²) in [6.07, 6.45) is 7.08. The second kappa shape index (κ2) is 6.95. The minimum atomic E-state index is -0.259. The fourth-order valence-electron chi connectivity index (χ4n) is 3.03. The number of fused-ring (bicyclic) bond motifs is 1. The van der Waals surface area contributed by atoms with E-state index in [1.165, 1.54) is 5.56 Å². The molecule has 0 unspecified atom stereocenters. The van der Waals surface area contributed by atoms with Gasteiger partial charge in [-0.2, -0.15) is 10.1 Å². The van der Waals surface area contributed by atoms with Gasteiger partial charge < -0.3 is 9.88 Å². The highest BCUT2D eigenvalue weighted by Gasteiger charge is 2.19. The number of H-pyrrole nitrogens is 1. The molecule has 2 N–H and O–H groups in total. The largest absolute Gasteiger partial charge is 0.352 e. The van der Waals surface area contributed by atoms with Crippen molar-refractivity contribution in [3.63, 3.8) is 0 Å². The van der Waals surface area contributed by atoms with E-state index in [4.69, 9.17) is 0 Å². The maximum absolute atomic E-state index is 12.4. The number of hydrogen-bond acceptors (Lipinski definition) is 5. The molecule has 0 fully saturated rings. The Balaban J connectivity index is 1.50. The van der Waals surface area contributed by atoms with Crippen LogP contribution in [-0.2, 0) is 18.6 Å². The fourth-order valence-corrected chi connectivity index (χ4v) is 3.03. The van der Waals surface area contributed by atoms with Crippen molar-refractivity contribution < 1.29 is 0 Å². The van der Waals surface area contributed by atoms with Gasteiger partial charge in [0.1, 0.15) is 5.39 Å². The van der Waals surface area contributed by atoms with Gasteiger partial charge in [0.05, 0.1) is 18.1 Å². The molecular formula is C20H23N7O. The van der Waals surface area contributed by atoms with Gasteiger partial charge in [0, 0.05) is 25.5 Å². The average molecular weight is 377 g/mol. The van der Waals surface area contributed by atoms with E-state index in [2.05, 4.69) is 49.6 Å². The van der Waals surface area contributed by atoms with Crippen LogP contribution >= 0.6 is 0 Å². The third-order valence-corrected chi connectivity index (χ3v) is 4.48. The molecule has 4 aromatic rings. The fraction of sp³-hybridized carbons (Fsp3) is 0.300. The summed E-state index contributed by atoms with van der Waals surface area (Å²) >= 11 is 0. The lowest BCUT2D eigenvalue weighted by Crippen LogP contribution is -2.24. The molecule has 0 aliphatic rings. The van der Waals surface area contributed by atoms with Crippen molar-refractivity contribution in [3.05, 3.63) is 70.7 Å². The maximum Gasteiger partial charge on any atom is 0.263 e. The van der Waals surface area contributed by atoms with Crippen molar-refractivity contribution in [3.8, 4) is 0 Å². The van der Waals surface area contributed by atoms with Crippen molar-refractivity contribution in [2.75, 3.05) is 5.32 Å². The zero-order chi connectivity index (χ0) is 19.7. The molecule has 0 amide bonds. The predicted molar refractivity (Wildman–Crippen MR) is 108 cm³/mol. The van der Waals surface area contributed by atoms with Gasteiger partial charge in [0.25, 0.3) is 5.56 Å². The van der Waals surface area contributed by atoms with Crippen LogP contribution in [0.3, 0.4) is 0 Å². The van der Waals surface area contributed by atoms with E-state index in [1.807, 2.05) is 31.5 Å². The summed E-state index contributed by atoms with van der Waals surface area (Å²) in [5.74, 6) is 0.436. The number of anilines is 1. The standard InChI is InChI=1S/C20H23N7O/c1-20(2,3)27-17-16(11-23-27)18(28)25-19(24-17)22-10-14-4-6-15(7-5-14)12-26-9-8-21-13-26/h4-9,11,13H,10,12H2,1-3H3,(H2,22,24,25,28). The molecule has 28 heavy (non-hydrogen) atoms. The van der Waals surface area contributed by atoms with E-state index in [0.717, 1.165) is 12.1 Å². The number of imidazole rings is 1. The summed E-state index contributed by atoms with van der Waals surface area (Å²) < 4.78 is 3.79. The third-order valence-electron chi connectivity index (χ3n) is 4.48. The minimum absolute atomic E-state index is 0.196. The number of hydrogen-bond donors (Lipinski definition) is 2. The lowest BCUT2D eigenvalue weighted by Gasteiger charge is -2.19. The first-order chi connectivity index (χ1) is 13.4. The van der Waals surface area contributed by atoms with Crippen LogP contribution in [0.4, 0.5) is 5.95 Å². The highest BCUT2D eigenvalue weighted by molar-refractivity contribution is 5.74. The minimum Gasteiger partial charge on any atom is -0.352 e. The van der Waals surface area contributed by atoms with E-state index in [0.29, 0.717) is 23.5 Å². The molecule has 144 valence electrons. The molecule has 0 saturated heterocycles. The number of aromatic amines is 1. The van der Waals surface area contributed by atoms with Crippen LogP contribution < -0.4 is 10.9 Å². The molecule has 0 saturated carbocycles. The molecular weight excluding hydrogens is 354 g/mol. The van der Waals surface area contributed by atoms with E-state index in [9.17, 15) is 4.79 Å². The highest BCUT2D eigenvalue weighted by atomic mass is 16.1. The van der Waals surface area contributed by atoms with Crippen LogP contribution in [0.2, 0.25) is 0 Å². The summed E-state index contributed by atoms with van der Waals surface area (Å²) in [7, 11) is 0. The van der Waals surface area contributed by atoms with Crippen LogP contribution in [0.5, 0.6) is 0 Å². The number of nitrogens with zero attached hydrogens (tertiary/aromatic N) is 5. The quantitative estimate of drug-likeness (QED) is 0.558. The summed E-state index contributed by atoms with van der Waals surface area (Å²) in [6.45, 7) is 7.43. The molecule has 0 aliphatic carbocycles. The topological polar surface area (TPSA) is 93.4 Å². The van der Waals surface area contributed by atoms with Crippen LogP contribution in [0, 0.1) is 0 Å². The Labute approximate surface area is 162 Å². The second-order valence-corrected chi connectivity index (χ2v) is 7.78. The van der Waals surface area contributed by atoms with Crippen molar-refractivity contribution in [2.45, 2.75) is 39.4 Å².